The lowest BCUT2D eigenvalue weighted by molar-refractivity contribution is -0.166. The molecule has 1 N–H and O–H groups in total. The highest BCUT2D eigenvalue weighted by Gasteiger charge is 2.54. The van der Waals surface area contributed by atoms with Gasteiger partial charge in [0.1, 0.15) is 0 Å². The first-order chi connectivity index (χ1) is 15.1. The average Bonchev–Trinajstić information content (AvgIpc) is 2.77. The molecule has 31 heavy (non-hydrogen) atoms. The first kappa shape index (κ1) is 21.1. The maximum absolute atomic E-state index is 12.8. The van der Waals surface area contributed by atoms with Crippen molar-refractivity contribution in [2.45, 2.75) is 44.2 Å². The van der Waals surface area contributed by atoms with Crippen LogP contribution in [-0.2, 0) is 16.0 Å². The molecule has 1 aromatic heterocycles. The lowest BCUT2D eigenvalue weighted by Crippen LogP contribution is -2.73. The van der Waals surface area contributed by atoms with Gasteiger partial charge in [-0.1, -0.05) is 37.0 Å². The monoisotopic (exact) mass is 417 g/mol. The third-order valence-electron chi connectivity index (χ3n) is 6.09. The van der Waals surface area contributed by atoms with Crippen LogP contribution < -0.4 is 0 Å². The van der Waals surface area contributed by atoms with Gasteiger partial charge in [0.05, 0.1) is 31.7 Å². The van der Waals surface area contributed by atoms with E-state index in [4.69, 9.17) is 0 Å². The van der Waals surface area contributed by atoms with Gasteiger partial charge < -0.3 is 14.9 Å². The van der Waals surface area contributed by atoms with Crippen molar-refractivity contribution < 1.29 is 14.7 Å². The first-order valence-corrected chi connectivity index (χ1v) is 10.8. The molecule has 160 valence electrons. The van der Waals surface area contributed by atoms with Crippen LogP contribution in [-0.4, -0.2) is 63.5 Å². The molecule has 3 atom stereocenters. The van der Waals surface area contributed by atoms with Crippen LogP contribution in [0.25, 0.3) is 0 Å². The minimum Gasteiger partial charge on any atom is -0.394 e. The van der Waals surface area contributed by atoms with Crippen LogP contribution in [0.5, 0.6) is 0 Å². The summed E-state index contributed by atoms with van der Waals surface area (Å²) in [5, 5.41) is 9.94. The molecular formula is C25H27N3O3. The molecule has 4 rings (SSSR count). The summed E-state index contributed by atoms with van der Waals surface area (Å²) in [4.78, 5) is 33.0. The minimum atomic E-state index is -0.245. The van der Waals surface area contributed by atoms with E-state index in [9.17, 15) is 14.7 Å². The number of pyridine rings is 1. The second kappa shape index (κ2) is 9.32. The predicted octanol–water partition coefficient (Wildman–Crippen LogP) is 1.97. The fraction of sp³-hybridized carbons (Fsp3) is 0.400. The zero-order chi connectivity index (χ0) is 21.8. The number of carbonyl (C=O) groups excluding carboxylic acids is 2. The summed E-state index contributed by atoms with van der Waals surface area (Å²) in [7, 11) is 0. The fourth-order valence-electron chi connectivity index (χ4n) is 4.56. The molecule has 6 nitrogen and oxygen atoms in total. The standard InChI is InChI=1S/C25H27N3O3/c1-2-3-4-6-18-8-10-20(11-9-18)25-21-15-27(16-24(31)28(21)22(25)17-29)23(30)13-19-7-5-12-26-14-19/h5,7-12,14,21-22,25,29H,2-3,13,15-17H2,1H3/t21-,22+,25+/m1/s1. The number of amides is 2. The number of hydrogen-bond donors (Lipinski definition) is 1. The van der Waals surface area contributed by atoms with Gasteiger partial charge in [0.2, 0.25) is 11.8 Å². The van der Waals surface area contributed by atoms with Gasteiger partial charge in [-0.2, -0.15) is 0 Å². The van der Waals surface area contributed by atoms with Crippen LogP contribution >= 0.6 is 0 Å². The van der Waals surface area contributed by atoms with E-state index in [0.717, 1.165) is 29.5 Å². The van der Waals surface area contributed by atoms with Crippen molar-refractivity contribution in [2.75, 3.05) is 19.7 Å². The molecule has 2 saturated heterocycles. The third-order valence-corrected chi connectivity index (χ3v) is 6.09. The van der Waals surface area contributed by atoms with Gasteiger partial charge >= 0.3 is 0 Å². The van der Waals surface area contributed by atoms with Crippen LogP contribution in [0.1, 0.15) is 42.4 Å². The maximum Gasteiger partial charge on any atom is 0.242 e. The number of rotatable bonds is 5. The zero-order valence-electron chi connectivity index (χ0n) is 17.7. The van der Waals surface area contributed by atoms with E-state index in [1.54, 1.807) is 28.3 Å². The molecule has 2 aliphatic rings. The average molecular weight is 418 g/mol. The molecule has 6 heteroatoms. The van der Waals surface area contributed by atoms with Crippen molar-refractivity contribution in [1.82, 2.24) is 14.8 Å². The predicted molar refractivity (Wildman–Crippen MR) is 117 cm³/mol. The lowest BCUT2D eigenvalue weighted by atomic mass is 9.73. The molecule has 3 heterocycles. The first-order valence-electron chi connectivity index (χ1n) is 10.8. The van der Waals surface area contributed by atoms with Gasteiger partial charge in [-0.3, -0.25) is 14.6 Å². The Morgan fingerprint density at radius 3 is 2.74 bits per heavy atom. The Bertz CT molecular complexity index is 994. The highest BCUT2D eigenvalue weighted by atomic mass is 16.3. The van der Waals surface area contributed by atoms with E-state index >= 15 is 0 Å². The zero-order valence-corrected chi connectivity index (χ0v) is 17.7. The van der Waals surface area contributed by atoms with Crippen LogP contribution in [0.15, 0.2) is 48.8 Å². The molecule has 0 saturated carbocycles. The largest absolute Gasteiger partial charge is 0.394 e. The number of aliphatic hydroxyl groups excluding tert-OH is 1. The molecule has 0 bridgehead atoms. The number of fused-ring (bicyclic) bond motifs is 1. The van der Waals surface area contributed by atoms with Crippen molar-refractivity contribution in [3.05, 3.63) is 65.5 Å². The SMILES string of the molecule is CCCC#Cc1ccc([C@H]2[C@H]3CN(C(=O)Cc4cccnc4)CC(=O)N3[C@H]2CO)cc1. The van der Waals surface area contributed by atoms with Crippen molar-refractivity contribution in [3.8, 4) is 11.8 Å². The normalized spacial score (nSPS) is 22.3. The summed E-state index contributed by atoms with van der Waals surface area (Å²) in [6.45, 7) is 2.55. The molecule has 2 amide bonds. The second-order valence-corrected chi connectivity index (χ2v) is 8.13. The summed E-state index contributed by atoms with van der Waals surface area (Å²) in [6.07, 6.45) is 5.48. The van der Waals surface area contributed by atoms with Crippen molar-refractivity contribution >= 4 is 11.8 Å². The van der Waals surface area contributed by atoms with Crippen molar-refractivity contribution in [1.29, 1.82) is 0 Å². The number of benzene rings is 1. The Hall–Kier alpha value is -3.17. The van der Waals surface area contributed by atoms with E-state index < -0.39 is 0 Å². The van der Waals surface area contributed by atoms with Crippen LogP contribution in [0, 0.1) is 11.8 Å². The summed E-state index contributed by atoms with van der Waals surface area (Å²) in [5.41, 5.74) is 2.86. The lowest BCUT2D eigenvalue weighted by Gasteiger charge is -2.58. The third kappa shape index (κ3) is 4.33. The molecule has 1 aromatic carbocycles. The Kier molecular flexibility index (Phi) is 6.34. The van der Waals surface area contributed by atoms with Crippen molar-refractivity contribution in [3.63, 3.8) is 0 Å². The summed E-state index contributed by atoms with van der Waals surface area (Å²) >= 11 is 0. The number of piperazine rings is 1. The van der Waals surface area contributed by atoms with Gasteiger partial charge in [-0.15, -0.1) is 0 Å². The molecular weight excluding hydrogens is 390 g/mol. The van der Waals surface area contributed by atoms with E-state index in [2.05, 4.69) is 23.7 Å². The molecule has 0 radical (unpaired) electrons. The summed E-state index contributed by atoms with van der Waals surface area (Å²) in [5.74, 6) is 6.13. The molecule has 0 unspecified atom stereocenters. The van der Waals surface area contributed by atoms with Gasteiger partial charge in [-0.05, 0) is 35.7 Å². The van der Waals surface area contributed by atoms with E-state index in [0.29, 0.717) is 6.54 Å². The summed E-state index contributed by atoms with van der Waals surface area (Å²) < 4.78 is 0. The number of aliphatic hydroxyl groups is 1. The van der Waals surface area contributed by atoms with Gasteiger partial charge in [0.15, 0.2) is 0 Å². The quantitative estimate of drug-likeness (QED) is 0.755. The Morgan fingerprint density at radius 1 is 1.26 bits per heavy atom. The van der Waals surface area contributed by atoms with E-state index in [-0.39, 0.29) is 49.4 Å². The van der Waals surface area contributed by atoms with Crippen molar-refractivity contribution in [2.24, 2.45) is 0 Å². The molecule has 2 aliphatic heterocycles. The van der Waals surface area contributed by atoms with Gasteiger partial charge in [0.25, 0.3) is 0 Å². The highest BCUT2D eigenvalue weighted by Crippen LogP contribution is 2.42. The Balaban J connectivity index is 1.49. The van der Waals surface area contributed by atoms with Crippen LogP contribution in [0.2, 0.25) is 0 Å². The Morgan fingerprint density at radius 2 is 2.06 bits per heavy atom. The smallest absolute Gasteiger partial charge is 0.242 e. The van der Waals surface area contributed by atoms with E-state index in [1.165, 1.54) is 0 Å². The number of carbonyl (C=O) groups is 2. The van der Waals surface area contributed by atoms with Crippen LogP contribution in [0.3, 0.4) is 0 Å². The maximum atomic E-state index is 12.8. The number of hydrogen-bond acceptors (Lipinski definition) is 4. The molecule has 0 spiro atoms. The van der Waals surface area contributed by atoms with Crippen LogP contribution in [0.4, 0.5) is 0 Å². The molecule has 2 fully saturated rings. The highest BCUT2D eigenvalue weighted by molar-refractivity contribution is 5.88. The number of unbranched alkanes of at least 4 members (excludes halogenated alkanes) is 1. The topological polar surface area (TPSA) is 73.7 Å². The molecule has 2 aromatic rings. The minimum absolute atomic E-state index is 0.000549. The molecule has 0 aliphatic carbocycles. The second-order valence-electron chi connectivity index (χ2n) is 8.13. The van der Waals surface area contributed by atoms with E-state index in [1.807, 2.05) is 30.3 Å². The van der Waals surface area contributed by atoms with Gasteiger partial charge in [0, 0.05) is 36.8 Å². The number of nitrogens with zero attached hydrogens (tertiary/aromatic N) is 3. The van der Waals surface area contributed by atoms with Gasteiger partial charge in [-0.25, -0.2) is 0 Å². The number of aromatic nitrogens is 1. The Labute approximate surface area is 182 Å². The summed E-state index contributed by atoms with van der Waals surface area (Å²) in [6, 6.07) is 11.3. The fourth-order valence-corrected chi connectivity index (χ4v) is 4.56.